The Bertz CT molecular complexity index is 1150. The van der Waals surface area contributed by atoms with E-state index in [1.54, 1.807) is 0 Å². The van der Waals surface area contributed by atoms with Gasteiger partial charge in [-0.25, -0.2) is 0 Å². The van der Waals surface area contributed by atoms with Crippen LogP contribution < -0.4 is 0 Å². The molecule has 174 valence electrons. The van der Waals surface area contributed by atoms with Gasteiger partial charge in [-0.2, -0.15) is 0 Å². The Labute approximate surface area is 203 Å². The molecule has 0 saturated carbocycles. The van der Waals surface area contributed by atoms with Crippen molar-refractivity contribution in [1.29, 1.82) is 0 Å². The molecule has 0 N–H and O–H groups in total. The van der Waals surface area contributed by atoms with E-state index < -0.39 is 0 Å². The molecule has 1 aromatic heterocycles. The summed E-state index contributed by atoms with van der Waals surface area (Å²) < 4.78 is 2.23. The fourth-order valence-electron chi connectivity index (χ4n) is 4.30. The smallest absolute Gasteiger partial charge is 0.254 e. The number of hydrogen-bond donors (Lipinski definition) is 0. The van der Waals surface area contributed by atoms with Crippen LogP contribution in [-0.4, -0.2) is 15.4 Å². The average Bonchev–Trinajstić information content (AvgIpc) is 3.31. The Hall–Kier alpha value is -3.59. The number of aryl methyl sites for hydroxylation is 1. The Kier molecular flexibility index (Phi) is 8.34. The highest BCUT2D eigenvalue weighted by atomic mass is 16.2. The molecule has 3 nitrogen and oxygen atoms in total. The number of carbonyl (C=O) groups is 1. The van der Waals surface area contributed by atoms with E-state index in [4.69, 9.17) is 0 Å². The maximum absolute atomic E-state index is 13.6. The Morgan fingerprint density at radius 3 is 2.06 bits per heavy atom. The van der Waals surface area contributed by atoms with Crippen LogP contribution in [0.1, 0.15) is 58.9 Å². The lowest BCUT2D eigenvalue weighted by atomic mass is 10.0. The van der Waals surface area contributed by atoms with Gasteiger partial charge in [0.05, 0.1) is 6.54 Å². The molecule has 34 heavy (non-hydrogen) atoms. The van der Waals surface area contributed by atoms with E-state index in [9.17, 15) is 4.79 Å². The normalized spacial score (nSPS) is 10.9. The van der Waals surface area contributed by atoms with E-state index >= 15 is 0 Å². The monoisotopic (exact) mass is 450 g/mol. The van der Waals surface area contributed by atoms with Crippen molar-refractivity contribution in [3.05, 3.63) is 131 Å². The third-order valence-corrected chi connectivity index (χ3v) is 6.25. The molecule has 1 amide bonds. The fourth-order valence-corrected chi connectivity index (χ4v) is 4.30. The standard InChI is InChI=1S/C31H34N2O/c1-2-3-6-12-26-18-20-29(21-19-26)31(34)33(24-28-15-9-5-10-16-28)25-30-17-11-22-32(30)23-27-13-7-4-8-14-27/h4-5,7-11,13-22H,2-3,6,12,23-25H2,1H3. The summed E-state index contributed by atoms with van der Waals surface area (Å²) in [6.45, 7) is 4.16. The van der Waals surface area contributed by atoms with Crippen molar-refractivity contribution in [3.8, 4) is 0 Å². The lowest BCUT2D eigenvalue weighted by Crippen LogP contribution is -2.31. The van der Waals surface area contributed by atoms with Crippen LogP contribution in [0.2, 0.25) is 0 Å². The molecule has 0 radical (unpaired) electrons. The zero-order chi connectivity index (χ0) is 23.6. The lowest BCUT2D eigenvalue weighted by Gasteiger charge is -2.24. The third-order valence-electron chi connectivity index (χ3n) is 6.25. The van der Waals surface area contributed by atoms with Gasteiger partial charge in [0.15, 0.2) is 0 Å². The highest BCUT2D eigenvalue weighted by Gasteiger charge is 2.18. The second-order valence-corrected chi connectivity index (χ2v) is 8.91. The van der Waals surface area contributed by atoms with Crippen LogP contribution in [0.3, 0.4) is 0 Å². The van der Waals surface area contributed by atoms with Crippen molar-refractivity contribution in [2.75, 3.05) is 0 Å². The first kappa shape index (κ1) is 23.6. The molecule has 0 aliphatic carbocycles. The number of hydrogen-bond acceptors (Lipinski definition) is 1. The van der Waals surface area contributed by atoms with E-state index in [2.05, 4.69) is 78.4 Å². The first-order valence-corrected chi connectivity index (χ1v) is 12.3. The van der Waals surface area contributed by atoms with E-state index in [0.29, 0.717) is 13.1 Å². The van der Waals surface area contributed by atoms with Crippen LogP contribution in [-0.2, 0) is 26.1 Å². The minimum atomic E-state index is 0.0661. The van der Waals surface area contributed by atoms with Crippen molar-refractivity contribution in [2.24, 2.45) is 0 Å². The van der Waals surface area contributed by atoms with Gasteiger partial charge in [-0.1, -0.05) is 92.6 Å². The predicted octanol–water partition coefficient (Wildman–Crippen LogP) is 7.11. The van der Waals surface area contributed by atoms with Crippen LogP contribution >= 0.6 is 0 Å². The van der Waals surface area contributed by atoms with Gasteiger partial charge >= 0.3 is 0 Å². The minimum absolute atomic E-state index is 0.0661. The van der Waals surface area contributed by atoms with Crippen LogP contribution in [0.5, 0.6) is 0 Å². The van der Waals surface area contributed by atoms with Gasteiger partial charge in [0.2, 0.25) is 0 Å². The second-order valence-electron chi connectivity index (χ2n) is 8.91. The van der Waals surface area contributed by atoms with Gasteiger partial charge < -0.3 is 9.47 Å². The van der Waals surface area contributed by atoms with Crippen molar-refractivity contribution in [2.45, 2.75) is 52.2 Å². The van der Waals surface area contributed by atoms with E-state index in [0.717, 1.165) is 29.8 Å². The Morgan fingerprint density at radius 2 is 1.38 bits per heavy atom. The molecule has 0 atom stereocenters. The number of benzene rings is 3. The van der Waals surface area contributed by atoms with Crippen molar-refractivity contribution in [1.82, 2.24) is 9.47 Å². The van der Waals surface area contributed by atoms with Crippen LogP contribution in [0.25, 0.3) is 0 Å². The van der Waals surface area contributed by atoms with Gasteiger partial charge in [-0.3, -0.25) is 4.79 Å². The summed E-state index contributed by atoms with van der Waals surface area (Å²) >= 11 is 0. The zero-order valence-electron chi connectivity index (χ0n) is 20.1. The number of unbranched alkanes of at least 4 members (excludes halogenated alkanes) is 2. The molecule has 0 fully saturated rings. The second kappa shape index (κ2) is 12.0. The molecule has 0 unspecified atom stereocenters. The number of amides is 1. The molecule has 4 rings (SSSR count). The Morgan fingerprint density at radius 1 is 0.706 bits per heavy atom. The molecule has 3 aromatic carbocycles. The number of nitrogens with zero attached hydrogens (tertiary/aromatic N) is 2. The number of carbonyl (C=O) groups excluding carboxylic acids is 1. The van der Waals surface area contributed by atoms with E-state index in [-0.39, 0.29) is 5.91 Å². The van der Waals surface area contributed by atoms with Crippen LogP contribution in [0.15, 0.2) is 103 Å². The quantitative estimate of drug-likeness (QED) is 0.224. The van der Waals surface area contributed by atoms with Crippen molar-refractivity contribution >= 4 is 5.91 Å². The Balaban J connectivity index is 1.53. The molecule has 3 heteroatoms. The minimum Gasteiger partial charge on any atom is -0.345 e. The van der Waals surface area contributed by atoms with Gasteiger partial charge in [0.1, 0.15) is 0 Å². The summed E-state index contributed by atoms with van der Waals surface area (Å²) in [7, 11) is 0. The molecule has 0 spiro atoms. The maximum Gasteiger partial charge on any atom is 0.254 e. The summed E-state index contributed by atoms with van der Waals surface area (Å²) in [5.74, 6) is 0.0661. The van der Waals surface area contributed by atoms with E-state index in [1.807, 2.05) is 41.3 Å². The highest BCUT2D eigenvalue weighted by molar-refractivity contribution is 5.94. The summed E-state index contributed by atoms with van der Waals surface area (Å²) in [6.07, 6.45) is 6.83. The van der Waals surface area contributed by atoms with Gasteiger partial charge in [0, 0.05) is 30.5 Å². The topological polar surface area (TPSA) is 25.2 Å². The summed E-state index contributed by atoms with van der Waals surface area (Å²) in [6, 6.07) is 33.1. The highest BCUT2D eigenvalue weighted by Crippen LogP contribution is 2.17. The summed E-state index contributed by atoms with van der Waals surface area (Å²) in [4.78, 5) is 15.6. The van der Waals surface area contributed by atoms with E-state index in [1.165, 1.54) is 30.4 Å². The fraction of sp³-hybridized carbons (Fsp3) is 0.258. The largest absolute Gasteiger partial charge is 0.345 e. The summed E-state index contributed by atoms with van der Waals surface area (Å²) in [5.41, 5.74) is 5.56. The van der Waals surface area contributed by atoms with Crippen LogP contribution in [0.4, 0.5) is 0 Å². The molecule has 1 heterocycles. The third kappa shape index (κ3) is 6.48. The van der Waals surface area contributed by atoms with Gasteiger partial charge in [-0.15, -0.1) is 0 Å². The van der Waals surface area contributed by atoms with Gasteiger partial charge in [-0.05, 0) is 53.8 Å². The maximum atomic E-state index is 13.6. The van der Waals surface area contributed by atoms with Gasteiger partial charge in [0.25, 0.3) is 5.91 Å². The average molecular weight is 451 g/mol. The molecule has 0 aliphatic rings. The number of aromatic nitrogens is 1. The number of rotatable bonds is 11. The summed E-state index contributed by atoms with van der Waals surface area (Å²) in [5, 5.41) is 0. The molecular weight excluding hydrogens is 416 g/mol. The van der Waals surface area contributed by atoms with Crippen molar-refractivity contribution in [3.63, 3.8) is 0 Å². The lowest BCUT2D eigenvalue weighted by molar-refractivity contribution is 0.0726. The predicted molar refractivity (Wildman–Crippen MR) is 140 cm³/mol. The first-order valence-electron chi connectivity index (χ1n) is 12.3. The zero-order valence-corrected chi connectivity index (χ0v) is 20.1. The molecular formula is C31H34N2O. The molecule has 0 aliphatic heterocycles. The SMILES string of the molecule is CCCCCc1ccc(C(=O)N(Cc2ccccc2)Cc2cccn2Cc2ccccc2)cc1. The molecule has 0 bridgehead atoms. The van der Waals surface area contributed by atoms with Crippen LogP contribution in [0, 0.1) is 0 Å². The first-order chi connectivity index (χ1) is 16.7. The molecule has 0 saturated heterocycles. The van der Waals surface area contributed by atoms with Crippen molar-refractivity contribution < 1.29 is 4.79 Å². The molecule has 4 aromatic rings.